The molecule has 0 spiro atoms. The number of hydrogen-bond acceptors (Lipinski definition) is 3. The second-order valence-corrected chi connectivity index (χ2v) is 10.8. The predicted octanol–water partition coefficient (Wildman–Crippen LogP) is 6.01. The van der Waals surface area contributed by atoms with E-state index in [2.05, 4.69) is 31.9 Å². The quantitative estimate of drug-likeness (QED) is 0.518. The zero-order chi connectivity index (χ0) is 21.3. The fourth-order valence-electron chi connectivity index (χ4n) is 7.79. The third kappa shape index (κ3) is 3.85. The molecule has 4 rings (SSSR count). The average Bonchev–Trinajstić information content (AvgIpc) is 3.33. The normalized spacial score (nSPS) is 37.9. The van der Waals surface area contributed by atoms with Crippen molar-refractivity contribution in [3.05, 3.63) is 18.0 Å². The van der Waals surface area contributed by atoms with Gasteiger partial charge in [-0.3, -0.25) is 9.48 Å². The van der Waals surface area contributed by atoms with Gasteiger partial charge in [0.05, 0.1) is 18.3 Å². The van der Waals surface area contributed by atoms with Crippen molar-refractivity contribution in [2.24, 2.45) is 40.9 Å². The molecule has 0 N–H and O–H groups in total. The topological polar surface area (TPSA) is 58.7 Å². The molecular weight excluding hydrogens is 370 g/mol. The standard InChI is InChI=1S/C26H39N3O/c1-4-5-6-7-20-18(2)8-9-22-21(20)12-13-26(3)23(22)10-11-24(26)25(30)17-29-16-19(14-27)15-28-29/h15-16,18,20-24H,4-13,17H2,1-3H3/t18-,20-,21+,22+,23-,24+,26-/m0/s1. The number of fused-ring (bicyclic) bond motifs is 3. The molecule has 0 aliphatic heterocycles. The van der Waals surface area contributed by atoms with Crippen molar-refractivity contribution in [3.63, 3.8) is 0 Å². The summed E-state index contributed by atoms with van der Waals surface area (Å²) in [6.45, 7) is 7.55. The molecule has 3 saturated carbocycles. The molecule has 3 aliphatic rings. The lowest BCUT2D eigenvalue weighted by atomic mass is 9.51. The molecule has 4 nitrogen and oxygen atoms in total. The van der Waals surface area contributed by atoms with Crippen LogP contribution in [-0.2, 0) is 11.3 Å². The van der Waals surface area contributed by atoms with E-state index in [-0.39, 0.29) is 11.3 Å². The van der Waals surface area contributed by atoms with E-state index in [1.54, 1.807) is 17.1 Å². The van der Waals surface area contributed by atoms with Gasteiger partial charge in [-0.15, -0.1) is 0 Å². The van der Waals surface area contributed by atoms with Crippen LogP contribution < -0.4 is 0 Å². The second kappa shape index (κ2) is 8.85. The first-order valence-corrected chi connectivity index (χ1v) is 12.4. The minimum atomic E-state index is 0.163. The summed E-state index contributed by atoms with van der Waals surface area (Å²) in [5.41, 5.74) is 0.696. The van der Waals surface area contributed by atoms with Gasteiger partial charge in [0, 0.05) is 12.1 Å². The summed E-state index contributed by atoms with van der Waals surface area (Å²) in [6, 6.07) is 2.11. The van der Waals surface area contributed by atoms with Crippen molar-refractivity contribution in [3.8, 4) is 6.07 Å². The summed E-state index contributed by atoms with van der Waals surface area (Å²) in [5, 5.41) is 13.2. The molecule has 3 fully saturated rings. The second-order valence-electron chi connectivity index (χ2n) is 10.8. The predicted molar refractivity (Wildman–Crippen MR) is 119 cm³/mol. The van der Waals surface area contributed by atoms with Gasteiger partial charge in [0.15, 0.2) is 5.78 Å². The Morgan fingerprint density at radius 3 is 2.80 bits per heavy atom. The van der Waals surface area contributed by atoms with Crippen LogP contribution in [0.5, 0.6) is 0 Å². The molecule has 30 heavy (non-hydrogen) atoms. The van der Waals surface area contributed by atoms with Gasteiger partial charge in [-0.2, -0.15) is 10.4 Å². The minimum Gasteiger partial charge on any atom is -0.297 e. The lowest BCUT2D eigenvalue weighted by Crippen LogP contribution is -2.48. The Balaban J connectivity index is 1.46. The van der Waals surface area contributed by atoms with Crippen molar-refractivity contribution in [1.82, 2.24) is 9.78 Å². The van der Waals surface area contributed by atoms with Gasteiger partial charge in [-0.25, -0.2) is 0 Å². The van der Waals surface area contributed by atoms with Crippen LogP contribution in [0.3, 0.4) is 0 Å². The van der Waals surface area contributed by atoms with Crippen LogP contribution in [0.2, 0.25) is 0 Å². The number of hydrogen-bond donors (Lipinski definition) is 0. The van der Waals surface area contributed by atoms with Crippen molar-refractivity contribution in [2.75, 3.05) is 0 Å². The van der Waals surface area contributed by atoms with Gasteiger partial charge >= 0.3 is 0 Å². The number of Topliss-reactive ketones (excluding diaryl/α,β-unsaturated/α-hetero) is 1. The molecule has 0 bridgehead atoms. The number of aromatic nitrogens is 2. The van der Waals surface area contributed by atoms with Crippen molar-refractivity contribution >= 4 is 5.78 Å². The van der Waals surface area contributed by atoms with Crippen LogP contribution in [0.4, 0.5) is 0 Å². The summed E-state index contributed by atoms with van der Waals surface area (Å²) >= 11 is 0. The first-order valence-electron chi connectivity index (χ1n) is 12.4. The lowest BCUT2D eigenvalue weighted by Gasteiger charge is -2.54. The number of unbranched alkanes of at least 4 members (excludes halogenated alkanes) is 2. The molecule has 0 radical (unpaired) electrons. The summed E-state index contributed by atoms with van der Waals surface area (Å²) < 4.78 is 1.66. The number of rotatable bonds is 7. The van der Waals surface area contributed by atoms with Crippen LogP contribution in [0.15, 0.2) is 12.4 Å². The molecule has 1 heterocycles. The summed E-state index contributed by atoms with van der Waals surface area (Å²) in [6.07, 6.45) is 16.3. The minimum absolute atomic E-state index is 0.163. The fraction of sp³-hybridized carbons (Fsp3) is 0.808. The molecule has 1 aromatic rings. The molecule has 0 saturated heterocycles. The van der Waals surface area contributed by atoms with Crippen LogP contribution in [0.1, 0.15) is 90.5 Å². The van der Waals surface area contributed by atoms with Crippen molar-refractivity contribution in [2.45, 2.75) is 91.5 Å². The molecular formula is C26H39N3O. The fourth-order valence-corrected chi connectivity index (χ4v) is 7.79. The smallest absolute Gasteiger partial charge is 0.157 e. The van der Waals surface area contributed by atoms with E-state index >= 15 is 0 Å². The van der Waals surface area contributed by atoms with Gasteiger partial charge in [0.25, 0.3) is 0 Å². The molecule has 164 valence electrons. The van der Waals surface area contributed by atoms with Gasteiger partial charge in [0.1, 0.15) is 6.07 Å². The van der Waals surface area contributed by atoms with Crippen LogP contribution >= 0.6 is 0 Å². The van der Waals surface area contributed by atoms with E-state index in [0.29, 0.717) is 17.9 Å². The van der Waals surface area contributed by atoms with Crippen LogP contribution in [0, 0.1) is 52.3 Å². The largest absolute Gasteiger partial charge is 0.297 e. The highest BCUT2D eigenvalue weighted by Crippen LogP contribution is 2.63. The van der Waals surface area contributed by atoms with Gasteiger partial charge in [-0.05, 0) is 73.5 Å². The van der Waals surface area contributed by atoms with E-state index < -0.39 is 0 Å². The Bertz CT molecular complexity index is 792. The summed E-state index contributed by atoms with van der Waals surface area (Å²) in [5.74, 6) is 4.72. The van der Waals surface area contributed by atoms with Crippen molar-refractivity contribution < 1.29 is 4.79 Å². The molecule has 7 atom stereocenters. The maximum absolute atomic E-state index is 13.3. The summed E-state index contributed by atoms with van der Waals surface area (Å²) in [7, 11) is 0. The highest BCUT2D eigenvalue weighted by Gasteiger charge is 2.57. The Morgan fingerprint density at radius 1 is 1.23 bits per heavy atom. The van der Waals surface area contributed by atoms with Gasteiger partial charge < -0.3 is 0 Å². The number of nitriles is 1. The van der Waals surface area contributed by atoms with Crippen LogP contribution in [0.25, 0.3) is 0 Å². The Morgan fingerprint density at radius 2 is 2.07 bits per heavy atom. The first-order chi connectivity index (χ1) is 14.5. The monoisotopic (exact) mass is 409 g/mol. The SMILES string of the molecule is CCCCC[C@@H]1[C@H]2CC[C@]3(C)[C@@H](C(=O)Cn4cc(C#N)cn4)CC[C@H]3[C@@H]2CC[C@@H]1C. The molecule has 3 aliphatic carbocycles. The van der Waals surface area contributed by atoms with E-state index in [4.69, 9.17) is 5.26 Å². The maximum Gasteiger partial charge on any atom is 0.157 e. The lowest BCUT2D eigenvalue weighted by molar-refractivity contribution is -0.130. The molecule has 4 heteroatoms. The van der Waals surface area contributed by atoms with E-state index in [0.717, 1.165) is 36.0 Å². The zero-order valence-corrected chi connectivity index (χ0v) is 19.1. The Labute approximate surface area is 182 Å². The van der Waals surface area contributed by atoms with E-state index in [9.17, 15) is 4.79 Å². The van der Waals surface area contributed by atoms with Crippen LogP contribution in [-0.4, -0.2) is 15.6 Å². The third-order valence-corrected chi connectivity index (χ3v) is 9.34. The number of ketones is 1. The van der Waals surface area contributed by atoms with E-state index in [1.807, 2.05) is 0 Å². The Kier molecular flexibility index (Phi) is 6.37. The highest BCUT2D eigenvalue weighted by atomic mass is 16.1. The average molecular weight is 410 g/mol. The maximum atomic E-state index is 13.3. The Hall–Kier alpha value is -1.63. The zero-order valence-electron chi connectivity index (χ0n) is 19.1. The summed E-state index contributed by atoms with van der Waals surface area (Å²) in [4.78, 5) is 13.3. The van der Waals surface area contributed by atoms with Gasteiger partial charge in [0.2, 0.25) is 0 Å². The number of carbonyl (C=O) groups excluding carboxylic acids is 1. The molecule has 0 amide bonds. The van der Waals surface area contributed by atoms with Gasteiger partial charge in [-0.1, -0.05) is 46.5 Å². The number of nitrogens with zero attached hydrogens (tertiary/aromatic N) is 3. The number of carbonyl (C=O) groups is 1. The van der Waals surface area contributed by atoms with E-state index in [1.165, 1.54) is 57.8 Å². The highest BCUT2D eigenvalue weighted by molar-refractivity contribution is 5.82. The third-order valence-electron chi connectivity index (χ3n) is 9.34. The molecule has 0 aromatic carbocycles. The molecule has 1 aromatic heterocycles. The molecule has 0 unspecified atom stereocenters. The first kappa shape index (κ1) is 21.6. The van der Waals surface area contributed by atoms with Crippen molar-refractivity contribution in [1.29, 1.82) is 5.26 Å².